The van der Waals surface area contributed by atoms with Gasteiger partial charge in [0.25, 0.3) is 0 Å². The molecule has 0 saturated heterocycles. The maximum absolute atomic E-state index is 12.2. The molecule has 7 nitrogen and oxygen atoms in total. The van der Waals surface area contributed by atoms with E-state index in [4.69, 9.17) is 4.42 Å². The molecule has 0 aliphatic carbocycles. The lowest BCUT2D eigenvalue weighted by molar-refractivity contribution is -0.142. The standard InChI is InChI=1S/C20H18N2O5/c1-12(18(23)26-2)21-20(25)22-15-9-7-13(8-10-15)16-11-14-5-3-4-6-17(14)27-19(16)24/h3-12H,1-2H3,(H2,21,22,25)/t12-/m0/s1. The van der Waals surface area contributed by atoms with Crippen molar-refractivity contribution in [1.29, 1.82) is 0 Å². The van der Waals surface area contributed by atoms with Gasteiger partial charge >= 0.3 is 17.6 Å². The minimum Gasteiger partial charge on any atom is -0.467 e. The van der Waals surface area contributed by atoms with Crippen molar-refractivity contribution in [2.75, 3.05) is 12.4 Å². The second-order valence-electron chi connectivity index (χ2n) is 5.91. The highest BCUT2D eigenvalue weighted by molar-refractivity contribution is 5.92. The maximum atomic E-state index is 12.2. The number of carbonyl (C=O) groups excluding carboxylic acids is 2. The zero-order valence-electron chi connectivity index (χ0n) is 14.8. The Balaban J connectivity index is 1.76. The van der Waals surface area contributed by atoms with Crippen LogP contribution in [0.15, 0.2) is 63.8 Å². The van der Waals surface area contributed by atoms with Crippen molar-refractivity contribution in [3.05, 3.63) is 65.0 Å². The fraction of sp³-hybridized carbons (Fsp3) is 0.150. The lowest BCUT2D eigenvalue weighted by atomic mass is 10.1. The summed E-state index contributed by atoms with van der Waals surface area (Å²) in [5.74, 6) is -0.538. The van der Waals surface area contributed by atoms with Crippen LogP contribution in [0.1, 0.15) is 6.92 Å². The van der Waals surface area contributed by atoms with Crippen molar-refractivity contribution in [2.45, 2.75) is 13.0 Å². The molecule has 0 saturated carbocycles. The highest BCUT2D eigenvalue weighted by Gasteiger charge is 2.15. The number of rotatable bonds is 4. The normalized spacial score (nSPS) is 11.6. The Morgan fingerprint density at radius 2 is 1.78 bits per heavy atom. The summed E-state index contributed by atoms with van der Waals surface area (Å²) in [6.45, 7) is 1.52. The number of ether oxygens (including phenoxy) is 1. The van der Waals surface area contributed by atoms with Gasteiger partial charge in [-0.15, -0.1) is 0 Å². The average molecular weight is 366 g/mol. The third kappa shape index (κ3) is 4.14. The van der Waals surface area contributed by atoms with E-state index in [9.17, 15) is 14.4 Å². The van der Waals surface area contributed by atoms with Crippen molar-refractivity contribution in [3.63, 3.8) is 0 Å². The summed E-state index contributed by atoms with van der Waals surface area (Å²) in [6, 6.07) is 14.5. The number of methoxy groups -OCH3 is 1. The molecular weight excluding hydrogens is 348 g/mol. The van der Waals surface area contributed by atoms with E-state index in [1.54, 1.807) is 42.5 Å². The lowest BCUT2D eigenvalue weighted by Gasteiger charge is -2.12. The molecule has 0 radical (unpaired) electrons. The first-order chi connectivity index (χ1) is 13.0. The van der Waals surface area contributed by atoms with Gasteiger partial charge in [-0.3, -0.25) is 0 Å². The summed E-state index contributed by atoms with van der Waals surface area (Å²) in [5, 5.41) is 5.90. The Bertz CT molecular complexity index is 1040. The highest BCUT2D eigenvalue weighted by Crippen LogP contribution is 2.22. The predicted octanol–water partition coefficient (Wildman–Crippen LogP) is 3.14. The number of hydrogen-bond acceptors (Lipinski definition) is 5. The molecule has 3 rings (SSSR count). The molecule has 0 spiro atoms. The van der Waals surface area contributed by atoms with Gasteiger partial charge in [-0.25, -0.2) is 14.4 Å². The molecule has 2 amide bonds. The zero-order valence-corrected chi connectivity index (χ0v) is 14.8. The number of amides is 2. The van der Waals surface area contributed by atoms with Crippen LogP contribution in [0, 0.1) is 0 Å². The number of benzene rings is 2. The number of nitrogens with one attached hydrogen (secondary N) is 2. The van der Waals surface area contributed by atoms with E-state index < -0.39 is 23.7 Å². The quantitative estimate of drug-likeness (QED) is 0.546. The van der Waals surface area contributed by atoms with Crippen molar-refractivity contribution in [1.82, 2.24) is 5.32 Å². The van der Waals surface area contributed by atoms with Gasteiger partial charge in [0.2, 0.25) is 0 Å². The first-order valence-corrected chi connectivity index (χ1v) is 8.26. The Kier molecular flexibility index (Phi) is 5.21. The minimum atomic E-state index is -0.767. The molecule has 138 valence electrons. The number of para-hydroxylation sites is 1. The summed E-state index contributed by atoms with van der Waals surface area (Å²) in [7, 11) is 1.25. The summed E-state index contributed by atoms with van der Waals surface area (Å²) in [6.07, 6.45) is 0. The molecule has 1 heterocycles. The highest BCUT2D eigenvalue weighted by atomic mass is 16.5. The molecule has 0 unspecified atom stereocenters. The number of anilines is 1. The van der Waals surface area contributed by atoms with Crippen molar-refractivity contribution >= 4 is 28.7 Å². The number of esters is 1. The van der Waals surface area contributed by atoms with Crippen molar-refractivity contribution in [3.8, 4) is 11.1 Å². The zero-order chi connectivity index (χ0) is 19.4. The fourth-order valence-electron chi connectivity index (χ4n) is 2.60. The Morgan fingerprint density at radius 3 is 2.48 bits per heavy atom. The van der Waals surface area contributed by atoms with Crippen LogP contribution in [0.3, 0.4) is 0 Å². The Hall–Kier alpha value is -3.61. The van der Waals surface area contributed by atoms with Crippen LogP contribution < -0.4 is 16.3 Å². The van der Waals surface area contributed by atoms with Crippen LogP contribution in [0.2, 0.25) is 0 Å². The van der Waals surface area contributed by atoms with Gasteiger partial charge in [0.15, 0.2) is 0 Å². The number of hydrogen-bond donors (Lipinski definition) is 2. The van der Waals surface area contributed by atoms with Gasteiger partial charge in [0.1, 0.15) is 11.6 Å². The fourth-order valence-corrected chi connectivity index (χ4v) is 2.60. The molecular formula is C20H18N2O5. The van der Waals surface area contributed by atoms with Crippen LogP contribution in [0.4, 0.5) is 10.5 Å². The van der Waals surface area contributed by atoms with Crippen LogP contribution in [0.5, 0.6) is 0 Å². The second-order valence-corrected chi connectivity index (χ2v) is 5.91. The lowest BCUT2D eigenvalue weighted by Crippen LogP contribution is -2.41. The predicted molar refractivity (Wildman–Crippen MR) is 102 cm³/mol. The molecule has 1 aromatic heterocycles. The summed E-state index contributed by atoms with van der Waals surface area (Å²) in [5.41, 5.74) is 1.71. The van der Waals surface area contributed by atoms with Gasteiger partial charge in [-0.2, -0.15) is 0 Å². The molecule has 7 heteroatoms. The van der Waals surface area contributed by atoms with E-state index >= 15 is 0 Å². The third-order valence-corrected chi connectivity index (χ3v) is 4.00. The molecule has 0 fully saturated rings. The Morgan fingerprint density at radius 1 is 1.07 bits per heavy atom. The third-order valence-electron chi connectivity index (χ3n) is 4.00. The van der Waals surface area contributed by atoms with E-state index in [0.29, 0.717) is 22.4 Å². The molecule has 2 N–H and O–H groups in total. The van der Waals surface area contributed by atoms with Gasteiger partial charge in [-0.05, 0) is 36.8 Å². The number of urea groups is 1. The average Bonchev–Trinajstić information content (AvgIpc) is 2.67. The van der Waals surface area contributed by atoms with Crippen molar-refractivity contribution < 1.29 is 18.7 Å². The summed E-state index contributed by atoms with van der Waals surface area (Å²) < 4.78 is 9.89. The van der Waals surface area contributed by atoms with Crippen LogP contribution in [0.25, 0.3) is 22.1 Å². The molecule has 3 aromatic rings. The van der Waals surface area contributed by atoms with Gasteiger partial charge < -0.3 is 19.8 Å². The first-order valence-electron chi connectivity index (χ1n) is 8.26. The number of fused-ring (bicyclic) bond motifs is 1. The second kappa shape index (κ2) is 7.74. The minimum absolute atomic E-state index is 0.431. The van der Waals surface area contributed by atoms with E-state index in [-0.39, 0.29) is 0 Å². The van der Waals surface area contributed by atoms with Gasteiger partial charge in [-0.1, -0.05) is 30.3 Å². The van der Waals surface area contributed by atoms with E-state index in [2.05, 4.69) is 15.4 Å². The molecule has 0 aliphatic heterocycles. The van der Waals surface area contributed by atoms with Crippen LogP contribution in [-0.4, -0.2) is 25.2 Å². The molecule has 0 bridgehead atoms. The van der Waals surface area contributed by atoms with Crippen molar-refractivity contribution in [2.24, 2.45) is 0 Å². The molecule has 0 aliphatic rings. The first kappa shape index (κ1) is 18.2. The SMILES string of the molecule is COC(=O)[C@H](C)NC(=O)Nc1ccc(-c2cc3ccccc3oc2=O)cc1. The smallest absolute Gasteiger partial charge is 0.344 e. The topological polar surface area (TPSA) is 97.6 Å². The van der Waals surface area contributed by atoms with E-state index in [0.717, 1.165) is 5.39 Å². The van der Waals surface area contributed by atoms with Crippen LogP contribution >= 0.6 is 0 Å². The van der Waals surface area contributed by atoms with E-state index in [1.807, 2.05) is 12.1 Å². The molecule has 27 heavy (non-hydrogen) atoms. The molecule has 1 atom stereocenters. The van der Waals surface area contributed by atoms with E-state index in [1.165, 1.54) is 14.0 Å². The summed E-state index contributed by atoms with van der Waals surface area (Å²) in [4.78, 5) is 35.4. The van der Waals surface area contributed by atoms with Gasteiger partial charge in [0, 0.05) is 11.1 Å². The monoisotopic (exact) mass is 366 g/mol. The molecule has 2 aromatic carbocycles. The summed E-state index contributed by atoms with van der Waals surface area (Å²) >= 11 is 0. The number of carbonyl (C=O) groups is 2. The van der Waals surface area contributed by atoms with Gasteiger partial charge in [0.05, 0.1) is 12.7 Å². The maximum Gasteiger partial charge on any atom is 0.344 e. The Labute approximate surface area is 154 Å². The van der Waals surface area contributed by atoms with Crippen LogP contribution in [-0.2, 0) is 9.53 Å². The largest absolute Gasteiger partial charge is 0.467 e.